The molecule has 17 heavy (non-hydrogen) atoms. The van der Waals surface area contributed by atoms with Gasteiger partial charge < -0.3 is 5.32 Å². The largest absolute Gasteiger partial charge is 0.309 e. The molecular formula is C12H11F2N3. The molecule has 0 radical (unpaired) electrons. The van der Waals surface area contributed by atoms with E-state index in [0.29, 0.717) is 12.1 Å². The van der Waals surface area contributed by atoms with Gasteiger partial charge in [-0.05, 0) is 17.7 Å². The van der Waals surface area contributed by atoms with Gasteiger partial charge in [0, 0.05) is 18.7 Å². The summed E-state index contributed by atoms with van der Waals surface area (Å²) in [5.41, 5.74) is 2.53. The molecule has 1 aliphatic heterocycles. The Kier molecular flexibility index (Phi) is 2.40. The van der Waals surface area contributed by atoms with E-state index in [9.17, 15) is 8.78 Å². The minimum absolute atomic E-state index is 0.661. The van der Waals surface area contributed by atoms with Crippen molar-refractivity contribution in [3.05, 3.63) is 41.7 Å². The zero-order valence-electron chi connectivity index (χ0n) is 9.08. The van der Waals surface area contributed by atoms with Crippen LogP contribution in [-0.2, 0) is 13.1 Å². The summed E-state index contributed by atoms with van der Waals surface area (Å²) in [6.45, 7) is 2.39. The van der Waals surface area contributed by atoms with Gasteiger partial charge >= 0.3 is 0 Å². The number of fused-ring (bicyclic) bond motifs is 1. The van der Waals surface area contributed by atoms with Crippen molar-refractivity contribution >= 4 is 0 Å². The first kappa shape index (κ1) is 10.4. The first-order valence-corrected chi connectivity index (χ1v) is 5.46. The third-order valence-electron chi connectivity index (χ3n) is 2.97. The highest BCUT2D eigenvalue weighted by atomic mass is 19.2. The van der Waals surface area contributed by atoms with Gasteiger partial charge in [-0.2, -0.15) is 5.10 Å². The fourth-order valence-electron chi connectivity index (χ4n) is 2.09. The molecule has 0 bridgehead atoms. The molecule has 3 nitrogen and oxygen atoms in total. The van der Waals surface area contributed by atoms with Crippen LogP contribution < -0.4 is 5.32 Å². The van der Waals surface area contributed by atoms with Gasteiger partial charge in [-0.15, -0.1) is 0 Å². The second kappa shape index (κ2) is 3.92. The predicted octanol–water partition coefficient (Wildman–Crippen LogP) is 1.93. The summed E-state index contributed by atoms with van der Waals surface area (Å²) in [4.78, 5) is 0. The zero-order valence-corrected chi connectivity index (χ0v) is 9.08. The topological polar surface area (TPSA) is 29.9 Å². The van der Waals surface area contributed by atoms with Crippen molar-refractivity contribution < 1.29 is 8.78 Å². The van der Waals surface area contributed by atoms with E-state index in [1.165, 1.54) is 6.07 Å². The third kappa shape index (κ3) is 1.72. The minimum atomic E-state index is -0.828. The number of nitrogens with zero attached hydrogens (tertiary/aromatic N) is 2. The lowest BCUT2D eigenvalue weighted by molar-refractivity contribution is 0.476. The fraction of sp³-hybridized carbons (Fsp3) is 0.250. The summed E-state index contributed by atoms with van der Waals surface area (Å²) in [6, 6.07) is 3.93. The number of benzene rings is 1. The lowest BCUT2D eigenvalue weighted by Gasteiger charge is -2.16. The van der Waals surface area contributed by atoms with Crippen LogP contribution in [0.5, 0.6) is 0 Å². The Bertz CT molecular complexity index is 563. The molecule has 0 saturated carbocycles. The summed E-state index contributed by atoms with van der Waals surface area (Å²) in [5, 5.41) is 7.48. The predicted molar refractivity (Wildman–Crippen MR) is 59.3 cm³/mol. The molecule has 0 saturated heterocycles. The quantitative estimate of drug-likeness (QED) is 0.818. The van der Waals surface area contributed by atoms with Crippen molar-refractivity contribution in [2.45, 2.75) is 13.1 Å². The van der Waals surface area contributed by atoms with Crippen LogP contribution in [0.25, 0.3) is 11.1 Å². The summed E-state index contributed by atoms with van der Waals surface area (Å²) in [6.07, 6.45) is 1.70. The minimum Gasteiger partial charge on any atom is -0.309 e. The van der Waals surface area contributed by atoms with Crippen LogP contribution in [-0.4, -0.2) is 16.3 Å². The number of hydrogen-bond acceptors (Lipinski definition) is 2. The van der Waals surface area contributed by atoms with Crippen molar-refractivity contribution in [3.8, 4) is 11.1 Å². The molecule has 1 aliphatic rings. The van der Waals surface area contributed by atoms with Gasteiger partial charge in [0.15, 0.2) is 11.6 Å². The van der Waals surface area contributed by atoms with Crippen LogP contribution in [0.15, 0.2) is 24.4 Å². The lowest BCUT2D eigenvalue weighted by atomic mass is 10.1. The van der Waals surface area contributed by atoms with E-state index in [-0.39, 0.29) is 0 Å². The van der Waals surface area contributed by atoms with E-state index in [0.717, 1.165) is 30.4 Å². The highest BCUT2D eigenvalue weighted by Crippen LogP contribution is 2.26. The van der Waals surface area contributed by atoms with Gasteiger partial charge in [0.1, 0.15) is 0 Å². The van der Waals surface area contributed by atoms with Gasteiger partial charge in [0.25, 0.3) is 0 Å². The standard InChI is InChI=1S/C12H11F2N3/c13-10-2-1-8(5-11(10)14)9-6-16-17-4-3-15-7-12(9)17/h1-2,5-6,15H,3-4,7H2. The Morgan fingerprint density at radius 2 is 2.12 bits per heavy atom. The molecule has 3 rings (SSSR count). The molecule has 2 aromatic rings. The molecule has 1 N–H and O–H groups in total. The molecule has 1 aromatic carbocycles. The Balaban J connectivity index is 2.09. The maximum absolute atomic E-state index is 13.2. The lowest BCUT2D eigenvalue weighted by Crippen LogP contribution is -2.28. The fourth-order valence-corrected chi connectivity index (χ4v) is 2.09. The van der Waals surface area contributed by atoms with Gasteiger partial charge in [-0.3, -0.25) is 4.68 Å². The van der Waals surface area contributed by atoms with Crippen LogP contribution in [0, 0.1) is 11.6 Å². The summed E-state index contributed by atoms with van der Waals surface area (Å²) < 4.78 is 28.0. The SMILES string of the molecule is Fc1ccc(-c2cnn3c2CNCC3)cc1F. The van der Waals surface area contributed by atoms with Crippen LogP contribution in [0.2, 0.25) is 0 Å². The number of rotatable bonds is 1. The summed E-state index contributed by atoms with van der Waals surface area (Å²) in [7, 11) is 0. The number of hydrogen-bond donors (Lipinski definition) is 1. The Morgan fingerprint density at radius 1 is 1.24 bits per heavy atom. The normalized spacial score (nSPS) is 14.7. The highest BCUT2D eigenvalue weighted by Gasteiger charge is 2.16. The summed E-state index contributed by atoms with van der Waals surface area (Å²) >= 11 is 0. The highest BCUT2D eigenvalue weighted by molar-refractivity contribution is 5.65. The average Bonchev–Trinajstić information content (AvgIpc) is 2.76. The maximum atomic E-state index is 13.2. The second-order valence-corrected chi connectivity index (χ2v) is 4.03. The Hall–Kier alpha value is -1.75. The van der Waals surface area contributed by atoms with Crippen LogP contribution in [0.4, 0.5) is 8.78 Å². The number of halogens is 2. The summed E-state index contributed by atoms with van der Waals surface area (Å²) in [5.74, 6) is -1.65. The molecule has 5 heteroatoms. The molecule has 0 fully saturated rings. The Labute approximate surface area is 97.1 Å². The van der Waals surface area contributed by atoms with Gasteiger partial charge in [-0.1, -0.05) is 6.07 Å². The van der Waals surface area contributed by atoms with Crippen LogP contribution in [0.1, 0.15) is 5.69 Å². The van der Waals surface area contributed by atoms with Crippen molar-refractivity contribution in [1.29, 1.82) is 0 Å². The van der Waals surface area contributed by atoms with Crippen molar-refractivity contribution in [2.24, 2.45) is 0 Å². The van der Waals surface area contributed by atoms with E-state index >= 15 is 0 Å². The Morgan fingerprint density at radius 3 is 2.94 bits per heavy atom. The number of aromatic nitrogens is 2. The van der Waals surface area contributed by atoms with E-state index in [2.05, 4.69) is 10.4 Å². The monoisotopic (exact) mass is 235 g/mol. The van der Waals surface area contributed by atoms with Crippen LogP contribution in [0.3, 0.4) is 0 Å². The van der Waals surface area contributed by atoms with Crippen LogP contribution >= 0.6 is 0 Å². The molecule has 88 valence electrons. The molecule has 0 spiro atoms. The third-order valence-corrected chi connectivity index (χ3v) is 2.97. The van der Waals surface area contributed by atoms with E-state index < -0.39 is 11.6 Å². The number of nitrogens with one attached hydrogen (secondary N) is 1. The van der Waals surface area contributed by atoms with E-state index in [4.69, 9.17) is 0 Å². The first-order chi connectivity index (χ1) is 8.25. The molecule has 2 heterocycles. The van der Waals surface area contributed by atoms with Crippen molar-refractivity contribution in [2.75, 3.05) is 6.54 Å². The molecular weight excluding hydrogens is 224 g/mol. The first-order valence-electron chi connectivity index (χ1n) is 5.46. The van der Waals surface area contributed by atoms with Gasteiger partial charge in [0.2, 0.25) is 0 Å². The molecule has 0 unspecified atom stereocenters. The smallest absolute Gasteiger partial charge is 0.159 e. The molecule has 0 amide bonds. The average molecular weight is 235 g/mol. The maximum Gasteiger partial charge on any atom is 0.159 e. The molecule has 0 atom stereocenters. The van der Waals surface area contributed by atoms with Crippen molar-refractivity contribution in [3.63, 3.8) is 0 Å². The van der Waals surface area contributed by atoms with E-state index in [1.54, 1.807) is 12.3 Å². The van der Waals surface area contributed by atoms with Gasteiger partial charge in [0.05, 0.1) is 18.4 Å². The van der Waals surface area contributed by atoms with Gasteiger partial charge in [-0.25, -0.2) is 8.78 Å². The zero-order chi connectivity index (χ0) is 11.8. The molecule has 1 aromatic heterocycles. The molecule has 0 aliphatic carbocycles. The van der Waals surface area contributed by atoms with E-state index in [1.807, 2.05) is 4.68 Å². The second-order valence-electron chi connectivity index (χ2n) is 4.03. The van der Waals surface area contributed by atoms with Crippen molar-refractivity contribution in [1.82, 2.24) is 15.1 Å².